The molecule has 2 N–H and O–H groups in total. The molecule has 1 fully saturated rings. The Morgan fingerprint density at radius 2 is 2.08 bits per heavy atom. The van der Waals surface area contributed by atoms with Crippen LogP contribution in [0.25, 0.3) is 0 Å². The van der Waals surface area contributed by atoms with Crippen molar-refractivity contribution in [1.82, 2.24) is 20.0 Å². The number of likely N-dealkylation sites (N-methyl/N-ethyl adjacent to an activating group) is 1. The molecule has 0 spiro atoms. The van der Waals surface area contributed by atoms with Gasteiger partial charge in [-0.2, -0.15) is 5.10 Å². The fourth-order valence-electron chi connectivity index (χ4n) is 3.28. The van der Waals surface area contributed by atoms with E-state index in [0.29, 0.717) is 31.3 Å². The Kier molecular flexibility index (Phi) is 5.43. The monoisotopic (exact) mass is 366 g/mol. The van der Waals surface area contributed by atoms with Gasteiger partial charge in [0.05, 0.1) is 17.8 Å². The summed E-state index contributed by atoms with van der Waals surface area (Å²) in [4.78, 5) is 2.13. The second kappa shape index (κ2) is 7.41. The summed E-state index contributed by atoms with van der Waals surface area (Å²) in [5.41, 5.74) is 2.04. The summed E-state index contributed by atoms with van der Waals surface area (Å²) < 4.78 is 14.7. The highest BCUT2D eigenvalue weighted by Crippen LogP contribution is 2.22. The molecule has 0 bridgehead atoms. The van der Waals surface area contributed by atoms with Crippen molar-refractivity contribution >= 4 is 11.6 Å². The zero-order valence-corrected chi connectivity index (χ0v) is 15.4. The zero-order chi connectivity index (χ0) is 18.0. The molecule has 136 valence electrons. The number of hydrogen-bond acceptors (Lipinski definition) is 4. The first-order valence-corrected chi connectivity index (χ1v) is 8.82. The van der Waals surface area contributed by atoms with E-state index in [-0.39, 0.29) is 5.82 Å². The van der Waals surface area contributed by atoms with E-state index in [1.165, 1.54) is 12.1 Å². The van der Waals surface area contributed by atoms with Gasteiger partial charge < -0.3 is 15.3 Å². The van der Waals surface area contributed by atoms with Crippen LogP contribution in [0.4, 0.5) is 4.39 Å². The molecule has 1 unspecified atom stereocenters. The maximum absolute atomic E-state index is 13.0. The predicted molar refractivity (Wildman–Crippen MR) is 96.2 cm³/mol. The number of nitrogens with one attached hydrogen (secondary N) is 1. The summed E-state index contributed by atoms with van der Waals surface area (Å²) >= 11 is 6.48. The van der Waals surface area contributed by atoms with Crippen LogP contribution in [0.1, 0.15) is 23.2 Å². The third-order valence-corrected chi connectivity index (χ3v) is 5.13. The lowest BCUT2D eigenvalue weighted by Crippen LogP contribution is -2.42. The van der Waals surface area contributed by atoms with E-state index in [1.54, 1.807) is 16.8 Å². The number of halogens is 2. The van der Waals surface area contributed by atoms with Crippen LogP contribution in [0.2, 0.25) is 5.15 Å². The number of β-amino-alcohol motifs (C(OH)–C–C–N with tert-alkyl or cyclic N) is 1. The third kappa shape index (κ3) is 4.39. The van der Waals surface area contributed by atoms with E-state index in [2.05, 4.69) is 15.3 Å². The van der Waals surface area contributed by atoms with Crippen molar-refractivity contribution in [2.75, 3.05) is 26.7 Å². The summed E-state index contributed by atoms with van der Waals surface area (Å²) in [6.45, 7) is 5.08. The fraction of sp³-hybridized carbons (Fsp3) is 0.500. The summed E-state index contributed by atoms with van der Waals surface area (Å²) in [6.07, 6.45) is 0.771. The Bertz CT molecular complexity index is 733. The van der Waals surface area contributed by atoms with Crippen molar-refractivity contribution in [2.45, 2.75) is 32.0 Å². The molecule has 1 saturated heterocycles. The van der Waals surface area contributed by atoms with E-state index in [1.807, 2.05) is 14.0 Å². The number of hydrogen-bond donors (Lipinski definition) is 2. The van der Waals surface area contributed by atoms with Crippen LogP contribution in [-0.2, 0) is 13.1 Å². The SMILES string of the molecule is Cc1nn(Cc2ccc(F)cc2)c(Cl)c1CNCC1(O)CCN(C)C1. The summed E-state index contributed by atoms with van der Waals surface area (Å²) in [6, 6.07) is 6.32. The second-order valence-electron chi connectivity index (χ2n) is 6.95. The number of aliphatic hydroxyl groups is 1. The van der Waals surface area contributed by atoms with Crippen LogP contribution in [-0.4, -0.2) is 52.1 Å². The van der Waals surface area contributed by atoms with E-state index < -0.39 is 5.60 Å². The molecule has 1 aromatic heterocycles. The van der Waals surface area contributed by atoms with E-state index >= 15 is 0 Å². The van der Waals surface area contributed by atoms with Crippen LogP contribution < -0.4 is 5.32 Å². The summed E-state index contributed by atoms with van der Waals surface area (Å²) in [7, 11) is 2.01. The highest BCUT2D eigenvalue weighted by Gasteiger charge is 2.33. The lowest BCUT2D eigenvalue weighted by Gasteiger charge is -2.22. The lowest BCUT2D eigenvalue weighted by molar-refractivity contribution is 0.0515. The van der Waals surface area contributed by atoms with Gasteiger partial charge in [-0.1, -0.05) is 23.7 Å². The van der Waals surface area contributed by atoms with Gasteiger partial charge in [0, 0.05) is 31.7 Å². The smallest absolute Gasteiger partial charge is 0.132 e. The molecule has 1 aliphatic rings. The molecule has 2 aromatic rings. The summed E-state index contributed by atoms with van der Waals surface area (Å²) in [5, 5.41) is 18.9. The second-order valence-corrected chi connectivity index (χ2v) is 7.31. The minimum atomic E-state index is -0.681. The number of benzene rings is 1. The molecule has 7 heteroatoms. The van der Waals surface area contributed by atoms with Crippen LogP contribution >= 0.6 is 11.6 Å². The molecule has 5 nitrogen and oxygen atoms in total. The van der Waals surface area contributed by atoms with Crippen molar-refractivity contribution < 1.29 is 9.50 Å². The van der Waals surface area contributed by atoms with E-state index in [0.717, 1.165) is 29.8 Å². The van der Waals surface area contributed by atoms with Gasteiger partial charge in [-0.25, -0.2) is 9.07 Å². The van der Waals surface area contributed by atoms with Crippen molar-refractivity contribution in [3.8, 4) is 0 Å². The van der Waals surface area contributed by atoms with E-state index in [4.69, 9.17) is 11.6 Å². The average molecular weight is 367 g/mol. The highest BCUT2D eigenvalue weighted by molar-refractivity contribution is 6.30. The maximum atomic E-state index is 13.0. The first-order chi connectivity index (χ1) is 11.9. The molecule has 1 aliphatic heterocycles. The quantitative estimate of drug-likeness (QED) is 0.823. The van der Waals surface area contributed by atoms with Gasteiger partial charge in [-0.15, -0.1) is 0 Å². The van der Waals surface area contributed by atoms with E-state index in [9.17, 15) is 9.50 Å². The van der Waals surface area contributed by atoms with Gasteiger partial charge in [-0.3, -0.25) is 0 Å². The standard InChI is InChI=1S/C18H24ClFN4O/c1-13-16(9-21-11-18(25)7-8-23(2)12-18)17(19)24(22-13)10-14-3-5-15(20)6-4-14/h3-6,21,25H,7-12H2,1-2H3. The Morgan fingerprint density at radius 1 is 1.36 bits per heavy atom. The van der Waals surface area contributed by atoms with Crippen molar-refractivity contribution in [1.29, 1.82) is 0 Å². The normalized spacial score (nSPS) is 21.2. The topological polar surface area (TPSA) is 53.3 Å². The Labute approximate surface area is 152 Å². The van der Waals surface area contributed by atoms with Crippen LogP contribution in [0.3, 0.4) is 0 Å². The molecule has 0 radical (unpaired) electrons. The van der Waals surface area contributed by atoms with Crippen LogP contribution in [0.15, 0.2) is 24.3 Å². The molecule has 25 heavy (non-hydrogen) atoms. The third-order valence-electron chi connectivity index (χ3n) is 4.71. The first kappa shape index (κ1) is 18.3. The highest BCUT2D eigenvalue weighted by atomic mass is 35.5. The molecular weight excluding hydrogens is 343 g/mol. The van der Waals surface area contributed by atoms with Crippen LogP contribution in [0.5, 0.6) is 0 Å². The lowest BCUT2D eigenvalue weighted by atomic mass is 10.0. The first-order valence-electron chi connectivity index (χ1n) is 8.44. The van der Waals surface area contributed by atoms with Gasteiger partial charge >= 0.3 is 0 Å². The predicted octanol–water partition coefficient (Wildman–Crippen LogP) is 2.19. The Hall–Kier alpha value is -1.47. The fourth-order valence-corrected chi connectivity index (χ4v) is 3.58. The van der Waals surface area contributed by atoms with Gasteiger partial charge in [0.1, 0.15) is 11.0 Å². The molecule has 0 amide bonds. The average Bonchev–Trinajstić information content (AvgIpc) is 3.03. The van der Waals surface area contributed by atoms with Gasteiger partial charge in [0.15, 0.2) is 0 Å². The van der Waals surface area contributed by atoms with Gasteiger partial charge in [0.25, 0.3) is 0 Å². The van der Waals surface area contributed by atoms with Crippen LogP contribution in [0, 0.1) is 12.7 Å². The molecule has 3 rings (SSSR count). The molecule has 1 atom stereocenters. The largest absolute Gasteiger partial charge is 0.387 e. The number of nitrogens with zero attached hydrogens (tertiary/aromatic N) is 3. The number of aryl methyl sites for hydroxylation is 1. The number of likely N-dealkylation sites (tertiary alicyclic amines) is 1. The van der Waals surface area contributed by atoms with Crippen molar-refractivity contribution in [2.24, 2.45) is 0 Å². The molecule has 0 saturated carbocycles. The van der Waals surface area contributed by atoms with Gasteiger partial charge in [0.2, 0.25) is 0 Å². The minimum Gasteiger partial charge on any atom is -0.387 e. The zero-order valence-electron chi connectivity index (χ0n) is 14.6. The molecular formula is C18H24ClFN4O. The minimum absolute atomic E-state index is 0.258. The van der Waals surface area contributed by atoms with Gasteiger partial charge in [-0.05, 0) is 38.1 Å². The molecule has 0 aliphatic carbocycles. The summed E-state index contributed by atoms with van der Waals surface area (Å²) in [5.74, 6) is -0.258. The van der Waals surface area contributed by atoms with Crippen molar-refractivity contribution in [3.63, 3.8) is 0 Å². The number of aromatic nitrogens is 2. The maximum Gasteiger partial charge on any atom is 0.132 e. The molecule has 1 aromatic carbocycles. The Morgan fingerprint density at radius 3 is 2.72 bits per heavy atom. The molecule has 2 heterocycles. The number of rotatable bonds is 6. The van der Waals surface area contributed by atoms with Crippen molar-refractivity contribution in [3.05, 3.63) is 52.1 Å². The Balaban J connectivity index is 1.62.